The normalized spacial score (nSPS) is 24.9. The molecule has 1 rings (SSSR count). The van der Waals surface area contributed by atoms with Gasteiger partial charge in [-0.05, 0) is 26.2 Å². The number of amides is 2. The zero-order valence-electron chi connectivity index (χ0n) is 11.0. The average molecular weight is 242 g/mol. The highest BCUT2D eigenvalue weighted by atomic mass is 16.4. The molecule has 1 aliphatic heterocycles. The van der Waals surface area contributed by atoms with E-state index >= 15 is 0 Å². The Bertz CT molecular complexity index is 304. The first-order valence-corrected chi connectivity index (χ1v) is 6.07. The summed E-state index contributed by atoms with van der Waals surface area (Å²) in [4.78, 5) is 26.4. The summed E-state index contributed by atoms with van der Waals surface area (Å²) in [6.45, 7) is 6.86. The van der Waals surface area contributed by atoms with Gasteiger partial charge < -0.3 is 14.9 Å². The first kappa shape index (κ1) is 13.8. The molecule has 5 heteroatoms. The van der Waals surface area contributed by atoms with Crippen LogP contribution in [0.5, 0.6) is 0 Å². The number of carbonyl (C=O) groups is 2. The summed E-state index contributed by atoms with van der Waals surface area (Å²) in [5.41, 5.74) is 0. The monoisotopic (exact) mass is 242 g/mol. The zero-order valence-corrected chi connectivity index (χ0v) is 11.0. The number of carboxylic acids is 1. The summed E-state index contributed by atoms with van der Waals surface area (Å²) in [6, 6.07) is 0.0563. The number of rotatable bonds is 2. The van der Waals surface area contributed by atoms with Crippen molar-refractivity contribution < 1.29 is 14.7 Å². The standard InChI is InChI=1S/C12H22N2O3/c1-8(2)13(4)12(17)14-6-9(3)5-10(7-14)11(15)16/h8-10H,5-7H2,1-4H3,(H,15,16). The van der Waals surface area contributed by atoms with E-state index in [1.807, 2.05) is 20.8 Å². The van der Waals surface area contributed by atoms with E-state index < -0.39 is 11.9 Å². The van der Waals surface area contributed by atoms with Crippen molar-refractivity contribution >= 4 is 12.0 Å². The molecule has 5 nitrogen and oxygen atoms in total. The van der Waals surface area contributed by atoms with Gasteiger partial charge in [0.05, 0.1) is 5.92 Å². The molecule has 0 aromatic rings. The van der Waals surface area contributed by atoms with E-state index in [0.717, 1.165) is 0 Å². The summed E-state index contributed by atoms with van der Waals surface area (Å²) in [7, 11) is 1.75. The molecule has 0 radical (unpaired) electrons. The molecule has 1 N–H and O–H groups in total. The minimum Gasteiger partial charge on any atom is -0.481 e. The van der Waals surface area contributed by atoms with Crippen LogP contribution in [0.15, 0.2) is 0 Å². The molecule has 0 saturated carbocycles. The van der Waals surface area contributed by atoms with Gasteiger partial charge in [-0.25, -0.2) is 4.79 Å². The number of hydrogen-bond acceptors (Lipinski definition) is 2. The van der Waals surface area contributed by atoms with Crippen LogP contribution < -0.4 is 0 Å². The highest BCUT2D eigenvalue weighted by Gasteiger charge is 2.33. The molecular formula is C12H22N2O3. The molecule has 0 aromatic heterocycles. The van der Waals surface area contributed by atoms with Crippen LogP contribution >= 0.6 is 0 Å². The van der Waals surface area contributed by atoms with Crippen molar-refractivity contribution in [2.24, 2.45) is 11.8 Å². The van der Waals surface area contributed by atoms with Gasteiger partial charge in [0.15, 0.2) is 0 Å². The average Bonchev–Trinajstić information content (AvgIpc) is 2.25. The van der Waals surface area contributed by atoms with Gasteiger partial charge in [-0.15, -0.1) is 0 Å². The van der Waals surface area contributed by atoms with Gasteiger partial charge in [-0.2, -0.15) is 0 Å². The largest absolute Gasteiger partial charge is 0.481 e. The molecule has 0 spiro atoms. The lowest BCUT2D eigenvalue weighted by molar-refractivity contribution is -0.143. The van der Waals surface area contributed by atoms with Gasteiger partial charge in [0.25, 0.3) is 0 Å². The molecular weight excluding hydrogens is 220 g/mol. The lowest BCUT2D eigenvalue weighted by atomic mass is 9.91. The van der Waals surface area contributed by atoms with Crippen LogP contribution in [-0.2, 0) is 4.79 Å². The third-order valence-corrected chi connectivity index (χ3v) is 3.36. The zero-order chi connectivity index (χ0) is 13.2. The number of piperidine rings is 1. The van der Waals surface area contributed by atoms with Crippen molar-refractivity contribution in [2.45, 2.75) is 33.2 Å². The fourth-order valence-corrected chi connectivity index (χ4v) is 2.13. The van der Waals surface area contributed by atoms with Gasteiger partial charge >= 0.3 is 12.0 Å². The third-order valence-electron chi connectivity index (χ3n) is 3.36. The second kappa shape index (κ2) is 5.38. The van der Waals surface area contributed by atoms with Gasteiger partial charge in [-0.1, -0.05) is 6.92 Å². The Morgan fingerprint density at radius 1 is 1.35 bits per heavy atom. The first-order chi connectivity index (χ1) is 7.82. The van der Waals surface area contributed by atoms with Crippen LogP contribution in [0, 0.1) is 11.8 Å². The molecule has 17 heavy (non-hydrogen) atoms. The third kappa shape index (κ3) is 3.35. The quantitative estimate of drug-likeness (QED) is 0.798. The fourth-order valence-electron chi connectivity index (χ4n) is 2.13. The number of aliphatic carboxylic acids is 1. The Labute approximate surface area is 102 Å². The predicted molar refractivity (Wildman–Crippen MR) is 64.8 cm³/mol. The Morgan fingerprint density at radius 3 is 2.41 bits per heavy atom. The number of carboxylic acid groups (broad SMARTS) is 1. The van der Waals surface area contributed by atoms with E-state index in [1.54, 1.807) is 16.8 Å². The summed E-state index contributed by atoms with van der Waals surface area (Å²) in [5, 5.41) is 9.05. The van der Waals surface area contributed by atoms with Crippen LogP contribution in [0.3, 0.4) is 0 Å². The molecule has 0 aromatic carbocycles. The smallest absolute Gasteiger partial charge is 0.320 e. The number of hydrogen-bond donors (Lipinski definition) is 1. The predicted octanol–water partition coefficient (Wildman–Crippen LogP) is 1.49. The van der Waals surface area contributed by atoms with E-state index in [2.05, 4.69) is 0 Å². The van der Waals surface area contributed by atoms with Crippen LogP contribution in [0.1, 0.15) is 27.2 Å². The van der Waals surface area contributed by atoms with Crippen molar-refractivity contribution in [1.82, 2.24) is 9.80 Å². The summed E-state index contributed by atoms with van der Waals surface area (Å²) in [6.07, 6.45) is 0.657. The molecule has 2 amide bonds. The lowest BCUT2D eigenvalue weighted by Crippen LogP contribution is -2.51. The van der Waals surface area contributed by atoms with Crippen LogP contribution in [0.4, 0.5) is 4.79 Å². The van der Waals surface area contributed by atoms with Crippen molar-refractivity contribution in [2.75, 3.05) is 20.1 Å². The Morgan fingerprint density at radius 2 is 1.94 bits per heavy atom. The van der Waals surface area contributed by atoms with Gasteiger partial charge in [0.1, 0.15) is 0 Å². The minimum atomic E-state index is -0.804. The molecule has 2 atom stereocenters. The van der Waals surface area contributed by atoms with Crippen LogP contribution in [0.25, 0.3) is 0 Å². The van der Waals surface area contributed by atoms with Crippen molar-refractivity contribution in [3.8, 4) is 0 Å². The lowest BCUT2D eigenvalue weighted by Gasteiger charge is -2.37. The summed E-state index contributed by atoms with van der Waals surface area (Å²) >= 11 is 0. The molecule has 2 unspecified atom stereocenters. The highest BCUT2D eigenvalue weighted by molar-refractivity contribution is 5.76. The molecule has 1 fully saturated rings. The maximum Gasteiger partial charge on any atom is 0.320 e. The Balaban J connectivity index is 2.70. The second-order valence-corrected chi connectivity index (χ2v) is 5.27. The van der Waals surface area contributed by atoms with E-state index in [0.29, 0.717) is 19.5 Å². The van der Waals surface area contributed by atoms with Crippen molar-refractivity contribution in [3.05, 3.63) is 0 Å². The van der Waals surface area contributed by atoms with E-state index in [9.17, 15) is 9.59 Å². The molecule has 0 aliphatic carbocycles. The fraction of sp³-hybridized carbons (Fsp3) is 0.833. The van der Waals surface area contributed by atoms with Gasteiger partial charge in [-0.3, -0.25) is 4.79 Å². The van der Waals surface area contributed by atoms with Crippen LogP contribution in [-0.4, -0.2) is 53.1 Å². The highest BCUT2D eigenvalue weighted by Crippen LogP contribution is 2.22. The maximum absolute atomic E-state index is 12.1. The number of urea groups is 1. The number of carbonyl (C=O) groups excluding carboxylic acids is 1. The van der Waals surface area contributed by atoms with E-state index in [-0.39, 0.29) is 18.0 Å². The van der Waals surface area contributed by atoms with Crippen LogP contribution in [0.2, 0.25) is 0 Å². The van der Waals surface area contributed by atoms with Gasteiger partial charge in [0, 0.05) is 26.2 Å². The molecule has 1 aliphatic rings. The molecule has 1 heterocycles. The van der Waals surface area contributed by atoms with E-state index in [1.165, 1.54) is 0 Å². The first-order valence-electron chi connectivity index (χ1n) is 6.07. The Kier molecular flexibility index (Phi) is 4.37. The molecule has 1 saturated heterocycles. The number of nitrogens with zero attached hydrogens (tertiary/aromatic N) is 2. The second-order valence-electron chi connectivity index (χ2n) is 5.27. The van der Waals surface area contributed by atoms with E-state index in [4.69, 9.17) is 5.11 Å². The number of likely N-dealkylation sites (tertiary alicyclic amines) is 1. The minimum absolute atomic E-state index is 0.0715. The summed E-state index contributed by atoms with van der Waals surface area (Å²) < 4.78 is 0. The van der Waals surface area contributed by atoms with Gasteiger partial charge in [0.2, 0.25) is 0 Å². The molecule has 98 valence electrons. The van der Waals surface area contributed by atoms with Crippen molar-refractivity contribution in [3.63, 3.8) is 0 Å². The SMILES string of the molecule is CC1CC(C(=O)O)CN(C(=O)N(C)C(C)C)C1. The maximum atomic E-state index is 12.1. The molecule has 0 bridgehead atoms. The summed E-state index contributed by atoms with van der Waals surface area (Å²) in [5.74, 6) is -0.987. The topological polar surface area (TPSA) is 60.9 Å². The van der Waals surface area contributed by atoms with Crippen molar-refractivity contribution in [1.29, 1.82) is 0 Å². The Hall–Kier alpha value is -1.26.